The van der Waals surface area contributed by atoms with Crippen LogP contribution >= 0.6 is 34.0 Å². The minimum atomic E-state index is -0.118. The average molecular weight is 372 g/mol. The molecule has 120 valence electrons. The normalized spacial score (nSPS) is 11.1. The highest BCUT2D eigenvalue weighted by molar-refractivity contribution is 7.18. The van der Waals surface area contributed by atoms with Crippen LogP contribution in [0.2, 0.25) is 0 Å². The Bertz CT molecular complexity index is 1030. The van der Waals surface area contributed by atoms with E-state index in [1.165, 1.54) is 11.3 Å². The third-order valence-electron chi connectivity index (χ3n) is 3.52. The Morgan fingerprint density at radius 2 is 2.00 bits per heavy atom. The summed E-state index contributed by atoms with van der Waals surface area (Å²) in [6, 6.07) is 7.80. The molecule has 0 saturated carbocycles. The predicted molar refractivity (Wildman–Crippen MR) is 102 cm³/mol. The quantitative estimate of drug-likeness (QED) is 0.528. The van der Waals surface area contributed by atoms with Crippen LogP contribution in [0.3, 0.4) is 0 Å². The third kappa shape index (κ3) is 2.86. The number of hydrogen-bond donors (Lipinski definition) is 1. The van der Waals surface area contributed by atoms with Gasteiger partial charge < -0.3 is 5.32 Å². The van der Waals surface area contributed by atoms with E-state index in [0.29, 0.717) is 4.88 Å². The first-order valence-electron chi connectivity index (χ1n) is 7.29. The fourth-order valence-corrected chi connectivity index (χ4v) is 4.96. The molecule has 0 atom stereocenters. The largest absolute Gasteiger partial charge is 0.321 e. The molecule has 0 fully saturated rings. The van der Waals surface area contributed by atoms with Crippen molar-refractivity contribution >= 4 is 55.8 Å². The van der Waals surface area contributed by atoms with Crippen LogP contribution in [0.5, 0.6) is 0 Å². The molecule has 24 heavy (non-hydrogen) atoms. The lowest BCUT2D eigenvalue weighted by Crippen LogP contribution is -2.11. The standard InChI is InChI=1S/C17H13N3OS3/c1-9-15(24-17(18-9)11-5-6-22-8-11)16(21)20-12-3-4-13-14(7-12)23-10(2)19-13/h3-8H,1-2H3,(H,20,21). The number of fused-ring (bicyclic) bond motifs is 1. The van der Waals surface area contributed by atoms with E-state index in [2.05, 4.69) is 15.3 Å². The molecule has 0 saturated heterocycles. The first-order chi connectivity index (χ1) is 11.6. The van der Waals surface area contributed by atoms with Gasteiger partial charge >= 0.3 is 0 Å². The number of nitrogens with one attached hydrogen (secondary N) is 1. The summed E-state index contributed by atoms with van der Waals surface area (Å²) in [4.78, 5) is 22.2. The Morgan fingerprint density at radius 3 is 2.79 bits per heavy atom. The number of benzene rings is 1. The topological polar surface area (TPSA) is 54.9 Å². The van der Waals surface area contributed by atoms with E-state index in [0.717, 1.165) is 37.2 Å². The van der Waals surface area contributed by atoms with Gasteiger partial charge in [-0.05, 0) is 43.5 Å². The molecular weight excluding hydrogens is 358 g/mol. The second-order valence-corrected chi connectivity index (χ2v) is 8.33. The van der Waals surface area contributed by atoms with Crippen LogP contribution in [0.25, 0.3) is 20.8 Å². The first kappa shape index (κ1) is 15.4. The summed E-state index contributed by atoms with van der Waals surface area (Å²) in [5, 5.41) is 8.93. The van der Waals surface area contributed by atoms with Gasteiger partial charge in [0.15, 0.2) is 0 Å². The highest BCUT2D eigenvalue weighted by Crippen LogP contribution is 2.30. The monoisotopic (exact) mass is 371 g/mol. The molecule has 1 aromatic carbocycles. The van der Waals surface area contributed by atoms with E-state index in [4.69, 9.17) is 0 Å². The smallest absolute Gasteiger partial charge is 0.267 e. The zero-order chi connectivity index (χ0) is 16.7. The van der Waals surface area contributed by atoms with Crippen molar-refractivity contribution in [3.63, 3.8) is 0 Å². The minimum Gasteiger partial charge on any atom is -0.321 e. The van der Waals surface area contributed by atoms with Crippen LogP contribution in [-0.2, 0) is 0 Å². The molecule has 7 heteroatoms. The van der Waals surface area contributed by atoms with Crippen LogP contribution < -0.4 is 5.32 Å². The molecule has 3 heterocycles. The van der Waals surface area contributed by atoms with Crippen molar-refractivity contribution in [1.29, 1.82) is 0 Å². The number of aromatic nitrogens is 2. The lowest BCUT2D eigenvalue weighted by atomic mass is 10.3. The number of thiophene rings is 1. The van der Waals surface area contributed by atoms with Gasteiger partial charge in [0.2, 0.25) is 0 Å². The lowest BCUT2D eigenvalue weighted by Gasteiger charge is -2.03. The van der Waals surface area contributed by atoms with Gasteiger partial charge in [0.25, 0.3) is 5.91 Å². The second kappa shape index (κ2) is 6.08. The molecule has 0 radical (unpaired) electrons. The minimum absolute atomic E-state index is 0.118. The maximum Gasteiger partial charge on any atom is 0.267 e. The Hall–Kier alpha value is -2.09. The zero-order valence-corrected chi connectivity index (χ0v) is 15.4. The number of hydrogen-bond acceptors (Lipinski definition) is 6. The number of aryl methyl sites for hydroxylation is 2. The Labute approximate surface area is 150 Å². The Balaban J connectivity index is 1.61. The molecule has 4 aromatic rings. The molecule has 0 aliphatic carbocycles. The van der Waals surface area contributed by atoms with E-state index in [9.17, 15) is 4.79 Å². The molecule has 0 aliphatic rings. The second-order valence-electron chi connectivity index (χ2n) is 5.32. The summed E-state index contributed by atoms with van der Waals surface area (Å²) < 4.78 is 1.07. The fourth-order valence-electron chi connectivity index (χ4n) is 2.42. The molecule has 4 nitrogen and oxygen atoms in total. The zero-order valence-electron chi connectivity index (χ0n) is 13.0. The van der Waals surface area contributed by atoms with E-state index >= 15 is 0 Å². The maximum atomic E-state index is 12.6. The summed E-state index contributed by atoms with van der Waals surface area (Å²) in [6.45, 7) is 3.85. The van der Waals surface area contributed by atoms with E-state index in [1.54, 1.807) is 22.7 Å². The molecule has 0 unspecified atom stereocenters. The molecular formula is C17H13N3OS3. The van der Waals surface area contributed by atoms with Crippen LogP contribution in [-0.4, -0.2) is 15.9 Å². The number of nitrogens with zero attached hydrogens (tertiary/aromatic N) is 2. The van der Waals surface area contributed by atoms with Crippen LogP contribution in [0.15, 0.2) is 35.0 Å². The van der Waals surface area contributed by atoms with Crippen molar-refractivity contribution in [1.82, 2.24) is 9.97 Å². The summed E-state index contributed by atoms with van der Waals surface area (Å²) in [6.07, 6.45) is 0. The van der Waals surface area contributed by atoms with Gasteiger partial charge in [-0.25, -0.2) is 9.97 Å². The third-order valence-corrected chi connectivity index (χ3v) is 6.35. The molecule has 1 N–H and O–H groups in total. The van der Waals surface area contributed by atoms with Gasteiger partial charge in [0, 0.05) is 16.6 Å². The molecule has 0 aliphatic heterocycles. The van der Waals surface area contributed by atoms with Gasteiger partial charge in [-0.3, -0.25) is 4.79 Å². The van der Waals surface area contributed by atoms with Crippen molar-refractivity contribution in [3.8, 4) is 10.6 Å². The predicted octanol–water partition coefficient (Wildman–Crippen LogP) is 5.35. The van der Waals surface area contributed by atoms with Crippen LogP contribution in [0, 0.1) is 13.8 Å². The molecule has 1 amide bonds. The van der Waals surface area contributed by atoms with E-state index in [1.807, 2.05) is 48.9 Å². The summed E-state index contributed by atoms with van der Waals surface area (Å²) in [5.74, 6) is -0.118. The van der Waals surface area contributed by atoms with E-state index in [-0.39, 0.29) is 5.91 Å². The maximum absolute atomic E-state index is 12.6. The van der Waals surface area contributed by atoms with Crippen LogP contribution in [0.1, 0.15) is 20.4 Å². The number of amides is 1. The molecule has 4 rings (SSSR count). The molecule has 3 aromatic heterocycles. The van der Waals surface area contributed by atoms with Gasteiger partial charge in [-0.1, -0.05) is 0 Å². The Morgan fingerprint density at radius 1 is 1.12 bits per heavy atom. The lowest BCUT2D eigenvalue weighted by molar-refractivity contribution is 0.103. The van der Waals surface area contributed by atoms with Gasteiger partial charge in [0.1, 0.15) is 9.88 Å². The molecule has 0 bridgehead atoms. The van der Waals surface area contributed by atoms with Gasteiger partial charge in [-0.2, -0.15) is 11.3 Å². The fraction of sp³-hybridized carbons (Fsp3) is 0.118. The van der Waals surface area contributed by atoms with Crippen molar-refractivity contribution in [2.24, 2.45) is 0 Å². The van der Waals surface area contributed by atoms with E-state index < -0.39 is 0 Å². The summed E-state index contributed by atoms with van der Waals surface area (Å²) in [7, 11) is 0. The van der Waals surface area contributed by atoms with Crippen molar-refractivity contribution in [3.05, 3.63) is 50.6 Å². The van der Waals surface area contributed by atoms with Crippen molar-refractivity contribution < 1.29 is 4.79 Å². The average Bonchev–Trinajstić information content (AvgIpc) is 3.24. The SMILES string of the molecule is Cc1nc2ccc(NC(=O)c3sc(-c4ccsc4)nc3C)cc2s1. The van der Waals surface area contributed by atoms with Crippen LogP contribution in [0.4, 0.5) is 5.69 Å². The Kier molecular flexibility index (Phi) is 3.91. The van der Waals surface area contributed by atoms with Crippen molar-refractivity contribution in [2.45, 2.75) is 13.8 Å². The van der Waals surface area contributed by atoms with Gasteiger partial charge in [0.05, 0.1) is 20.9 Å². The summed E-state index contributed by atoms with van der Waals surface area (Å²) >= 11 is 4.67. The van der Waals surface area contributed by atoms with Crippen molar-refractivity contribution in [2.75, 3.05) is 5.32 Å². The molecule has 0 spiro atoms. The first-order valence-corrected chi connectivity index (χ1v) is 9.86. The van der Waals surface area contributed by atoms with Gasteiger partial charge in [-0.15, -0.1) is 22.7 Å². The number of carbonyl (C=O) groups excluding carboxylic acids is 1. The number of rotatable bonds is 3. The number of anilines is 1. The summed E-state index contributed by atoms with van der Waals surface area (Å²) in [5.41, 5.74) is 3.56. The number of carbonyl (C=O) groups is 1. The highest BCUT2D eigenvalue weighted by Gasteiger charge is 2.17. The highest BCUT2D eigenvalue weighted by atomic mass is 32.1. The number of thiazole rings is 2.